The summed E-state index contributed by atoms with van der Waals surface area (Å²) in [7, 11) is 0. The molecule has 0 unspecified atom stereocenters. The summed E-state index contributed by atoms with van der Waals surface area (Å²) in [6.07, 6.45) is 2.59. The van der Waals surface area contributed by atoms with E-state index in [9.17, 15) is 4.79 Å². The van der Waals surface area contributed by atoms with Crippen molar-refractivity contribution < 1.29 is 4.79 Å². The number of nitrogens with one attached hydrogen (secondary N) is 1. The molecule has 128 valence electrons. The number of carbonyl (C=O) groups is 1. The predicted molar refractivity (Wildman–Crippen MR) is 98.3 cm³/mol. The lowest BCUT2D eigenvalue weighted by Gasteiger charge is -2.40. The molecule has 2 aliphatic heterocycles. The maximum atomic E-state index is 12.6. The minimum absolute atomic E-state index is 0.196. The van der Waals surface area contributed by atoms with Crippen molar-refractivity contribution in [1.82, 2.24) is 19.8 Å². The summed E-state index contributed by atoms with van der Waals surface area (Å²) >= 11 is 2.05. The maximum Gasteiger partial charge on any atom is 0.230 e. The number of benzene rings is 1. The third kappa shape index (κ3) is 3.44. The highest BCUT2D eigenvalue weighted by molar-refractivity contribution is 7.99. The minimum Gasteiger partial charge on any atom is -0.342 e. The molecule has 0 bridgehead atoms. The van der Waals surface area contributed by atoms with Gasteiger partial charge in [-0.15, -0.1) is 0 Å². The van der Waals surface area contributed by atoms with E-state index in [4.69, 9.17) is 0 Å². The molecule has 24 heavy (non-hydrogen) atoms. The standard InChI is InChI=1S/C18H24N4OS/c23-18(13-17-19-15-3-1-2-4-16(15)20-17)22-7-5-14(6-8-22)21-9-11-24-12-10-21/h1-4,14H,5-13H2,(H,19,20). The first-order valence-electron chi connectivity index (χ1n) is 8.83. The van der Waals surface area contributed by atoms with Crippen LogP contribution in [0.5, 0.6) is 0 Å². The number of H-pyrrole nitrogens is 1. The van der Waals surface area contributed by atoms with Crippen LogP contribution >= 0.6 is 11.8 Å². The molecule has 2 saturated heterocycles. The number of hydrogen-bond acceptors (Lipinski definition) is 4. The van der Waals surface area contributed by atoms with Crippen molar-refractivity contribution >= 4 is 28.7 Å². The second-order valence-corrected chi connectivity index (χ2v) is 7.86. The summed E-state index contributed by atoms with van der Waals surface area (Å²) in [5.41, 5.74) is 1.93. The molecule has 5 nitrogen and oxygen atoms in total. The summed E-state index contributed by atoms with van der Waals surface area (Å²) in [5, 5.41) is 0. The van der Waals surface area contributed by atoms with Crippen LogP contribution in [0.25, 0.3) is 11.0 Å². The third-order valence-corrected chi connectivity index (χ3v) is 6.08. The molecule has 6 heteroatoms. The molecule has 0 spiro atoms. The van der Waals surface area contributed by atoms with Gasteiger partial charge in [0.05, 0.1) is 17.5 Å². The molecular weight excluding hydrogens is 320 g/mol. The van der Waals surface area contributed by atoms with Crippen LogP contribution in [0.1, 0.15) is 18.7 Å². The fourth-order valence-electron chi connectivity index (χ4n) is 3.77. The zero-order chi connectivity index (χ0) is 16.4. The number of amides is 1. The molecule has 1 N–H and O–H groups in total. The highest BCUT2D eigenvalue weighted by Gasteiger charge is 2.27. The highest BCUT2D eigenvalue weighted by atomic mass is 32.2. The van der Waals surface area contributed by atoms with E-state index in [1.807, 2.05) is 29.2 Å². The lowest BCUT2D eigenvalue weighted by Crippen LogP contribution is -2.49. The maximum absolute atomic E-state index is 12.6. The molecule has 3 heterocycles. The van der Waals surface area contributed by atoms with Crippen molar-refractivity contribution in [3.63, 3.8) is 0 Å². The van der Waals surface area contributed by atoms with Gasteiger partial charge in [-0.3, -0.25) is 9.69 Å². The summed E-state index contributed by atoms with van der Waals surface area (Å²) in [4.78, 5) is 25.0. The van der Waals surface area contributed by atoms with Crippen LogP contribution in [0, 0.1) is 0 Å². The van der Waals surface area contributed by atoms with Crippen molar-refractivity contribution in [3.8, 4) is 0 Å². The predicted octanol–water partition coefficient (Wildman–Crippen LogP) is 2.15. The molecule has 0 radical (unpaired) electrons. The Kier molecular flexibility index (Phi) is 4.76. The topological polar surface area (TPSA) is 52.2 Å². The number of hydrogen-bond donors (Lipinski definition) is 1. The SMILES string of the molecule is O=C(Cc1nc2ccccc2[nH]1)N1CCC(N2CCSCC2)CC1. The van der Waals surface area contributed by atoms with Gasteiger partial charge in [0.25, 0.3) is 0 Å². The van der Waals surface area contributed by atoms with E-state index in [1.165, 1.54) is 24.6 Å². The number of carbonyl (C=O) groups excluding carboxylic acids is 1. The van der Waals surface area contributed by atoms with Gasteiger partial charge in [0.1, 0.15) is 5.82 Å². The minimum atomic E-state index is 0.196. The Bertz CT molecular complexity index is 669. The third-order valence-electron chi connectivity index (χ3n) is 5.14. The van der Waals surface area contributed by atoms with Crippen LogP contribution in [-0.2, 0) is 11.2 Å². The van der Waals surface area contributed by atoms with Gasteiger partial charge in [0.15, 0.2) is 0 Å². The molecule has 1 amide bonds. The zero-order valence-electron chi connectivity index (χ0n) is 13.9. The molecule has 1 aromatic heterocycles. The number of fused-ring (bicyclic) bond motifs is 1. The first-order chi connectivity index (χ1) is 11.8. The van der Waals surface area contributed by atoms with Crippen LogP contribution in [0.3, 0.4) is 0 Å². The van der Waals surface area contributed by atoms with Gasteiger partial charge in [-0.25, -0.2) is 4.98 Å². The lowest BCUT2D eigenvalue weighted by atomic mass is 10.0. The van der Waals surface area contributed by atoms with E-state index in [0.29, 0.717) is 12.5 Å². The Labute approximate surface area is 146 Å². The second kappa shape index (κ2) is 7.15. The average molecular weight is 344 g/mol. The van der Waals surface area contributed by atoms with Gasteiger partial charge in [-0.1, -0.05) is 12.1 Å². The van der Waals surface area contributed by atoms with Crippen LogP contribution in [0.2, 0.25) is 0 Å². The summed E-state index contributed by atoms with van der Waals surface area (Å²) in [5.74, 6) is 3.48. The van der Waals surface area contributed by atoms with Crippen molar-refractivity contribution in [1.29, 1.82) is 0 Å². The second-order valence-electron chi connectivity index (χ2n) is 6.64. The van der Waals surface area contributed by atoms with Gasteiger partial charge >= 0.3 is 0 Å². The van der Waals surface area contributed by atoms with Gasteiger partial charge in [-0.05, 0) is 25.0 Å². The van der Waals surface area contributed by atoms with Crippen LogP contribution in [-0.4, -0.2) is 69.4 Å². The van der Waals surface area contributed by atoms with Gasteiger partial charge < -0.3 is 9.88 Å². The number of imidazole rings is 1. The fraction of sp³-hybridized carbons (Fsp3) is 0.556. The Morgan fingerprint density at radius 1 is 1.17 bits per heavy atom. The Morgan fingerprint density at radius 2 is 1.92 bits per heavy atom. The average Bonchev–Trinajstić information content (AvgIpc) is 3.05. The van der Waals surface area contributed by atoms with E-state index in [-0.39, 0.29) is 5.91 Å². The van der Waals surface area contributed by atoms with Gasteiger partial charge in [0.2, 0.25) is 5.91 Å². The molecule has 1 aromatic carbocycles. The number of likely N-dealkylation sites (tertiary alicyclic amines) is 1. The van der Waals surface area contributed by atoms with E-state index < -0.39 is 0 Å². The number of aromatic amines is 1. The van der Waals surface area contributed by atoms with Crippen LogP contribution < -0.4 is 0 Å². The molecule has 2 aliphatic rings. The van der Waals surface area contributed by atoms with Crippen molar-refractivity contribution in [2.45, 2.75) is 25.3 Å². The number of para-hydroxylation sites is 2. The highest BCUT2D eigenvalue weighted by Crippen LogP contribution is 2.21. The molecule has 0 saturated carbocycles. The van der Waals surface area contributed by atoms with E-state index >= 15 is 0 Å². The molecular formula is C18H24N4OS. The van der Waals surface area contributed by atoms with Crippen molar-refractivity contribution in [3.05, 3.63) is 30.1 Å². The Balaban J connectivity index is 1.32. The molecule has 2 aromatic rings. The van der Waals surface area contributed by atoms with Crippen LogP contribution in [0.4, 0.5) is 0 Å². The Hall–Kier alpha value is -1.53. The number of nitrogens with zero attached hydrogens (tertiary/aromatic N) is 3. The first-order valence-corrected chi connectivity index (χ1v) is 9.98. The number of piperidine rings is 1. The Morgan fingerprint density at radius 3 is 2.67 bits per heavy atom. The zero-order valence-corrected chi connectivity index (χ0v) is 14.7. The smallest absolute Gasteiger partial charge is 0.230 e. The fourth-order valence-corrected chi connectivity index (χ4v) is 4.70. The first kappa shape index (κ1) is 16.0. The summed E-state index contributed by atoms with van der Waals surface area (Å²) in [6, 6.07) is 8.59. The van der Waals surface area contributed by atoms with E-state index in [2.05, 4.69) is 26.6 Å². The lowest BCUT2D eigenvalue weighted by molar-refractivity contribution is -0.132. The molecule has 0 atom stereocenters. The van der Waals surface area contributed by atoms with Crippen LogP contribution in [0.15, 0.2) is 24.3 Å². The van der Waals surface area contributed by atoms with Gasteiger partial charge in [0, 0.05) is 43.7 Å². The monoisotopic (exact) mass is 344 g/mol. The number of aromatic nitrogens is 2. The van der Waals surface area contributed by atoms with Crippen molar-refractivity contribution in [2.75, 3.05) is 37.7 Å². The molecule has 4 rings (SSSR count). The molecule has 2 fully saturated rings. The number of thioether (sulfide) groups is 1. The summed E-state index contributed by atoms with van der Waals surface area (Å²) < 4.78 is 0. The van der Waals surface area contributed by atoms with Crippen molar-refractivity contribution in [2.24, 2.45) is 0 Å². The molecule has 0 aliphatic carbocycles. The normalized spacial score (nSPS) is 20.6. The van der Waals surface area contributed by atoms with E-state index in [1.54, 1.807) is 0 Å². The van der Waals surface area contributed by atoms with E-state index in [0.717, 1.165) is 42.8 Å². The summed E-state index contributed by atoms with van der Waals surface area (Å²) in [6.45, 7) is 4.19. The largest absolute Gasteiger partial charge is 0.342 e. The van der Waals surface area contributed by atoms with Gasteiger partial charge in [-0.2, -0.15) is 11.8 Å². The number of rotatable bonds is 3. The quantitative estimate of drug-likeness (QED) is 0.927.